The molecule has 2 heterocycles. The second-order valence-corrected chi connectivity index (χ2v) is 11.0. The van der Waals surface area contributed by atoms with Crippen LogP contribution in [0.5, 0.6) is 0 Å². The van der Waals surface area contributed by atoms with E-state index in [4.69, 9.17) is 0 Å². The summed E-state index contributed by atoms with van der Waals surface area (Å²) in [7, 11) is 2.08. The van der Waals surface area contributed by atoms with Gasteiger partial charge in [-0.3, -0.25) is 0 Å². The van der Waals surface area contributed by atoms with Crippen molar-refractivity contribution >= 4 is 40.5 Å². The smallest absolute Gasteiger partial charge is 0.329 e. The van der Waals surface area contributed by atoms with Gasteiger partial charge in [-0.1, -0.05) is 75.2 Å². The van der Waals surface area contributed by atoms with Crippen molar-refractivity contribution in [3.63, 3.8) is 0 Å². The van der Waals surface area contributed by atoms with Crippen LogP contribution in [0.1, 0.15) is 61.8 Å². The zero-order valence-corrected chi connectivity index (χ0v) is 23.5. The summed E-state index contributed by atoms with van der Waals surface area (Å²) >= 11 is 0. The highest BCUT2D eigenvalue weighted by Crippen LogP contribution is 2.52. The second-order valence-electron chi connectivity index (χ2n) is 11.0. The quantitative estimate of drug-likeness (QED) is 0.244. The number of nitrogens with zero attached hydrogens (tertiary/aromatic N) is 4. The van der Waals surface area contributed by atoms with Crippen LogP contribution in [0.25, 0.3) is 11.1 Å². The van der Waals surface area contributed by atoms with Crippen LogP contribution in [-0.4, -0.2) is 13.9 Å². The van der Waals surface area contributed by atoms with Gasteiger partial charge >= 0.3 is 6.85 Å². The van der Waals surface area contributed by atoms with Gasteiger partial charge in [-0.25, -0.2) is 0 Å². The highest BCUT2D eigenvalue weighted by Gasteiger charge is 2.44. The van der Waals surface area contributed by atoms with E-state index in [1.165, 1.54) is 33.2 Å². The number of hydrogen-bond donors (Lipinski definition) is 0. The number of unbranched alkanes of at least 4 members (excludes halogenated alkanes) is 2. The Morgan fingerprint density at radius 1 is 0.675 bits per heavy atom. The maximum absolute atomic E-state index is 10.5. The van der Waals surface area contributed by atoms with E-state index in [9.17, 15) is 10.5 Å². The first-order chi connectivity index (χ1) is 19.6. The number of nitriles is 2. The van der Waals surface area contributed by atoms with E-state index in [-0.39, 0.29) is 6.85 Å². The lowest BCUT2D eigenvalue weighted by Crippen LogP contribution is -2.54. The van der Waals surface area contributed by atoms with Crippen LogP contribution in [0.4, 0.5) is 22.7 Å². The van der Waals surface area contributed by atoms with E-state index in [1.54, 1.807) is 0 Å². The summed E-state index contributed by atoms with van der Waals surface area (Å²) in [6.07, 6.45) is 6.24. The number of rotatable bonds is 7. The van der Waals surface area contributed by atoms with E-state index < -0.39 is 0 Å². The van der Waals surface area contributed by atoms with Crippen molar-refractivity contribution in [2.45, 2.75) is 52.4 Å². The predicted octanol–water partition coefficient (Wildman–Crippen LogP) is 7.12. The van der Waals surface area contributed by atoms with E-state index in [1.807, 2.05) is 0 Å². The minimum Gasteiger partial charge on any atom is -0.371 e. The standard InChI is InChI=1S/C35H33BN4/c1-4-6-12-24-18-26(22-37)34-32(20-24)39(3)33-21-25(13-7-5-2)19-27(23-38)35(33)40(34)36-30-16-10-8-14-28(30)29-15-9-11-17-31(29)36/h8-11,14-21H,4-7,12-13H2,1-3H3. The molecule has 2 aliphatic rings. The molecule has 0 unspecified atom stereocenters. The van der Waals surface area contributed by atoms with Gasteiger partial charge in [0.25, 0.3) is 0 Å². The zero-order chi connectivity index (χ0) is 27.8. The van der Waals surface area contributed by atoms with Gasteiger partial charge in [0, 0.05) is 7.05 Å². The third-order valence-electron chi connectivity index (χ3n) is 8.44. The molecule has 0 spiro atoms. The fourth-order valence-corrected chi connectivity index (χ4v) is 6.50. The number of aryl methyl sites for hydroxylation is 2. The molecule has 6 rings (SSSR count). The van der Waals surface area contributed by atoms with Crippen LogP contribution in [-0.2, 0) is 12.8 Å². The normalized spacial score (nSPS) is 12.8. The molecule has 4 nitrogen and oxygen atoms in total. The molecule has 0 saturated heterocycles. The Morgan fingerprint density at radius 2 is 1.12 bits per heavy atom. The van der Waals surface area contributed by atoms with Crippen LogP contribution in [0.2, 0.25) is 0 Å². The summed E-state index contributed by atoms with van der Waals surface area (Å²) in [6.45, 7) is 4.24. The average Bonchev–Trinajstić information content (AvgIpc) is 3.33. The van der Waals surface area contributed by atoms with Crippen molar-refractivity contribution in [3.05, 3.63) is 95.1 Å². The Bertz CT molecular complexity index is 1570. The Balaban J connectivity index is 1.68. The van der Waals surface area contributed by atoms with E-state index in [0.29, 0.717) is 11.1 Å². The fourth-order valence-electron chi connectivity index (χ4n) is 6.50. The first-order valence-electron chi connectivity index (χ1n) is 14.5. The first-order valence-corrected chi connectivity index (χ1v) is 14.5. The predicted molar refractivity (Wildman–Crippen MR) is 167 cm³/mol. The molecule has 0 aromatic heterocycles. The molecule has 0 amide bonds. The molecule has 0 saturated carbocycles. The van der Waals surface area contributed by atoms with E-state index in [0.717, 1.165) is 61.3 Å². The fraction of sp³-hybridized carbons (Fsp3) is 0.257. The summed E-state index contributed by atoms with van der Waals surface area (Å²) in [4.78, 5) is 4.51. The molecule has 0 bridgehead atoms. The van der Waals surface area contributed by atoms with Crippen LogP contribution in [0.3, 0.4) is 0 Å². The minimum atomic E-state index is -0.152. The molecule has 0 fully saturated rings. The molecule has 0 radical (unpaired) electrons. The SMILES string of the molecule is CCCCc1cc(C#N)c2c(c1)N(C)c1cc(CCCC)cc(C#N)c1N2B1c2ccccc2-c2ccccc21. The molecular formula is C35H33BN4. The summed E-state index contributed by atoms with van der Waals surface area (Å²) < 4.78 is 0. The summed E-state index contributed by atoms with van der Waals surface area (Å²) in [5.41, 5.74) is 12.3. The second kappa shape index (κ2) is 10.6. The minimum absolute atomic E-state index is 0.152. The highest BCUT2D eigenvalue weighted by atomic mass is 15.2. The Hall–Kier alpha value is -4.48. The van der Waals surface area contributed by atoms with Crippen molar-refractivity contribution in [2.24, 2.45) is 0 Å². The molecule has 40 heavy (non-hydrogen) atoms. The molecule has 196 valence electrons. The molecule has 0 atom stereocenters. The lowest BCUT2D eigenvalue weighted by molar-refractivity contribution is 0.793. The summed E-state index contributed by atoms with van der Waals surface area (Å²) in [6, 6.07) is 30.9. The topological polar surface area (TPSA) is 54.1 Å². The molecule has 2 aliphatic heterocycles. The van der Waals surface area contributed by atoms with Crippen molar-refractivity contribution in [3.8, 4) is 23.3 Å². The third-order valence-corrected chi connectivity index (χ3v) is 8.44. The van der Waals surface area contributed by atoms with Crippen LogP contribution in [0, 0.1) is 22.7 Å². The van der Waals surface area contributed by atoms with Crippen molar-refractivity contribution < 1.29 is 0 Å². The van der Waals surface area contributed by atoms with Gasteiger partial charge < -0.3 is 9.71 Å². The molecule has 5 heteroatoms. The maximum Gasteiger partial charge on any atom is 0.329 e. The average molecular weight is 520 g/mol. The molecule has 4 aromatic rings. The maximum atomic E-state index is 10.5. The number of fused-ring (bicyclic) bond motifs is 5. The Labute approximate surface area is 238 Å². The third kappa shape index (κ3) is 4.05. The van der Waals surface area contributed by atoms with Crippen molar-refractivity contribution in [1.82, 2.24) is 0 Å². The summed E-state index contributed by atoms with van der Waals surface area (Å²) in [5, 5.41) is 21.1. The number of anilines is 4. The highest BCUT2D eigenvalue weighted by molar-refractivity contribution is 6.93. The zero-order valence-electron chi connectivity index (χ0n) is 23.5. The molecular weight excluding hydrogens is 487 g/mol. The molecule has 0 N–H and O–H groups in total. The van der Waals surface area contributed by atoms with Gasteiger partial charge in [-0.2, -0.15) is 10.5 Å². The lowest BCUT2D eigenvalue weighted by Gasteiger charge is -2.43. The number of hydrogen-bond acceptors (Lipinski definition) is 4. The van der Waals surface area contributed by atoms with Gasteiger partial charge in [0.15, 0.2) is 0 Å². The van der Waals surface area contributed by atoms with Crippen LogP contribution >= 0.6 is 0 Å². The number of benzene rings is 4. The molecule has 4 aromatic carbocycles. The first kappa shape index (κ1) is 25.8. The monoisotopic (exact) mass is 520 g/mol. The van der Waals surface area contributed by atoms with Crippen LogP contribution in [0.15, 0.2) is 72.8 Å². The van der Waals surface area contributed by atoms with Crippen molar-refractivity contribution in [2.75, 3.05) is 16.8 Å². The van der Waals surface area contributed by atoms with Crippen LogP contribution < -0.4 is 20.6 Å². The van der Waals surface area contributed by atoms with Gasteiger partial charge in [0.1, 0.15) is 12.1 Å². The lowest BCUT2D eigenvalue weighted by atomic mass is 9.51. The van der Waals surface area contributed by atoms with Gasteiger partial charge in [0.05, 0.1) is 33.9 Å². The van der Waals surface area contributed by atoms with E-state index in [2.05, 4.69) is 116 Å². The largest absolute Gasteiger partial charge is 0.371 e. The van der Waals surface area contributed by atoms with Gasteiger partial charge in [-0.05, 0) is 83.1 Å². The molecule has 0 aliphatic carbocycles. The summed E-state index contributed by atoms with van der Waals surface area (Å²) in [5.74, 6) is 0. The van der Waals surface area contributed by atoms with Crippen molar-refractivity contribution in [1.29, 1.82) is 10.5 Å². The Kier molecular flexibility index (Phi) is 6.83. The van der Waals surface area contributed by atoms with E-state index >= 15 is 0 Å². The van der Waals surface area contributed by atoms with Gasteiger partial charge in [0.2, 0.25) is 0 Å². The Morgan fingerprint density at radius 3 is 1.55 bits per heavy atom. The van der Waals surface area contributed by atoms with Gasteiger partial charge in [-0.15, -0.1) is 0 Å².